The van der Waals surface area contributed by atoms with Gasteiger partial charge >= 0.3 is 0 Å². The van der Waals surface area contributed by atoms with Crippen molar-refractivity contribution >= 4 is 37.3 Å². The van der Waals surface area contributed by atoms with Crippen molar-refractivity contribution in [3.05, 3.63) is 52.8 Å². The number of unbranched alkanes of at least 4 members (excludes halogenated alkanes) is 1. The van der Waals surface area contributed by atoms with Gasteiger partial charge in [-0.3, -0.25) is 4.79 Å². The number of rotatable bonds is 9. The fourth-order valence-corrected chi connectivity index (χ4v) is 5.61. The van der Waals surface area contributed by atoms with Gasteiger partial charge in [-0.1, -0.05) is 36.7 Å². The molecule has 0 bridgehead atoms. The van der Waals surface area contributed by atoms with Crippen molar-refractivity contribution in [3.63, 3.8) is 0 Å². The maximum atomic E-state index is 12.6. The number of nitrogens with zero attached hydrogens (tertiary/aromatic N) is 2. The molecule has 0 spiro atoms. The quantitative estimate of drug-likeness (QED) is 0.443. The summed E-state index contributed by atoms with van der Waals surface area (Å²) in [6.07, 6.45) is 8.54. The van der Waals surface area contributed by atoms with Gasteiger partial charge in [0, 0.05) is 6.42 Å². The number of sulfone groups is 1. The molecule has 3 aromatic rings. The van der Waals surface area contributed by atoms with E-state index in [9.17, 15) is 13.2 Å². The molecule has 1 aromatic heterocycles. The second kappa shape index (κ2) is 10.6. The Balaban J connectivity index is 1.82. The molecule has 0 atom stereocenters. The Bertz CT molecular complexity index is 1310. The first-order valence-electron chi connectivity index (χ1n) is 10.4. The average Bonchev–Trinajstić information content (AvgIpc) is 3.12. The summed E-state index contributed by atoms with van der Waals surface area (Å²) < 4.78 is 33.0. The number of terminal acetylenes is 1. The summed E-state index contributed by atoms with van der Waals surface area (Å²) in [5, 5.41) is 0. The first-order chi connectivity index (χ1) is 15.4. The van der Waals surface area contributed by atoms with Crippen LogP contribution in [0.1, 0.15) is 31.7 Å². The highest BCUT2D eigenvalue weighted by Gasteiger charge is 2.17. The standard InChI is InChI=1S/C24H26N2O4S2/c1-4-6-7-18-8-13-21-22(17-18)31-24(26(21)15-5-2)25-23(27)14-16-32(28,29)20-11-9-19(30-3)10-12-20/h2,8-13,17H,4,6-7,14-16H2,1,3H3. The molecule has 0 aliphatic rings. The summed E-state index contributed by atoms with van der Waals surface area (Å²) in [5.41, 5.74) is 2.16. The van der Waals surface area contributed by atoms with E-state index in [2.05, 4.69) is 30.0 Å². The summed E-state index contributed by atoms with van der Waals surface area (Å²) in [7, 11) is -2.09. The van der Waals surface area contributed by atoms with Gasteiger partial charge in [0.1, 0.15) is 5.75 Å². The van der Waals surface area contributed by atoms with E-state index in [0.717, 1.165) is 29.5 Å². The topological polar surface area (TPSA) is 77.7 Å². The fourth-order valence-electron chi connectivity index (χ4n) is 3.27. The molecule has 8 heteroatoms. The minimum atomic E-state index is -3.60. The number of amides is 1. The van der Waals surface area contributed by atoms with Crippen molar-refractivity contribution in [3.8, 4) is 18.1 Å². The summed E-state index contributed by atoms with van der Waals surface area (Å²) >= 11 is 1.39. The predicted octanol–water partition coefficient (Wildman–Crippen LogP) is 3.98. The van der Waals surface area contributed by atoms with Crippen LogP contribution < -0.4 is 9.54 Å². The number of aromatic nitrogens is 1. The molecular weight excluding hydrogens is 444 g/mol. The third-order valence-corrected chi connectivity index (χ3v) is 7.81. The van der Waals surface area contributed by atoms with Gasteiger partial charge in [0.15, 0.2) is 14.6 Å². The maximum absolute atomic E-state index is 12.6. The van der Waals surface area contributed by atoms with Crippen LogP contribution in [-0.4, -0.2) is 31.8 Å². The number of methoxy groups -OCH3 is 1. The van der Waals surface area contributed by atoms with Gasteiger partial charge in [0.2, 0.25) is 5.91 Å². The van der Waals surface area contributed by atoms with Crippen LogP contribution >= 0.6 is 11.3 Å². The van der Waals surface area contributed by atoms with Gasteiger partial charge in [0.25, 0.3) is 0 Å². The van der Waals surface area contributed by atoms with Gasteiger partial charge in [-0.2, -0.15) is 4.99 Å². The number of thiazole rings is 1. The Morgan fingerprint density at radius 3 is 2.62 bits per heavy atom. The summed E-state index contributed by atoms with van der Waals surface area (Å²) in [6.45, 7) is 2.44. The van der Waals surface area contributed by atoms with Crippen molar-refractivity contribution < 1.29 is 17.9 Å². The van der Waals surface area contributed by atoms with E-state index < -0.39 is 15.7 Å². The number of hydrogen-bond acceptors (Lipinski definition) is 5. The molecule has 0 aliphatic heterocycles. The Morgan fingerprint density at radius 2 is 1.97 bits per heavy atom. The van der Waals surface area contributed by atoms with Crippen LogP contribution in [0.2, 0.25) is 0 Å². The molecule has 0 radical (unpaired) electrons. The molecular formula is C24H26N2O4S2. The van der Waals surface area contributed by atoms with Gasteiger partial charge in [-0.15, -0.1) is 6.42 Å². The van der Waals surface area contributed by atoms with Crippen molar-refractivity contribution in [1.82, 2.24) is 4.57 Å². The molecule has 6 nitrogen and oxygen atoms in total. The van der Waals surface area contributed by atoms with E-state index in [-0.39, 0.29) is 23.6 Å². The molecule has 0 saturated carbocycles. The zero-order chi connectivity index (χ0) is 23.1. The van der Waals surface area contributed by atoms with Crippen LogP contribution in [0.4, 0.5) is 0 Å². The lowest BCUT2D eigenvalue weighted by molar-refractivity contribution is -0.117. The minimum absolute atomic E-state index is 0.148. The second-order valence-corrected chi connectivity index (χ2v) is 10.4. The van der Waals surface area contributed by atoms with E-state index in [1.165, 1.54) is 36.1 Å². The normalized spacial score (nSPS) is 12.1. The highest BCUT2D eigenvalue weighted by molar-refractivity contribution is 7.91. The number of hydrogen-bond donors (Lipinski definition) is 0. The van der Waals surface area contributed by atoms with Crippen molar-refractivity contribution in [2.24, 2.45) is 4.99 Å². The van der Waals surface area contributed by atoms with Crippen LogP contribution in [0.3, 0.4) is 0 Å². The zero-order valence-corrected chi connectivity index (χ0v) is 19.8. The maximum Gasteiger partial charge on any atom is 0.249 e. The van der Waals surface area contributed by atoms with Crippen LogP contribution in [0.25, 0.3) is 10.2 Å². The predicted molar refractivity (Wildman–Crippen MR) is 127 cm³/mol. The fraction of sp³-hybridized carbons (Fsp3) is 0.333. The number of benzene rings is 2. The molecule has 0 aliphatic carbocycles. The van der Waals surface area contributed by atoms with Crippen LogP contribution in [0.15, 0.2) is 52.4 Å². The van der Waals surface area contributed by atoms with Gasteiger partial charge < -0.3 is 9.30 Å². The molecule has 0 fully saturated rings. The second-order valence-electron chi connectivity index (χ2n) is 7.33. The molecule has 0 saturated heterocycles. The summed E-state index contributed by atoms with van der Waals surface area (Å²) in [5.74, 6) is 2.36. The highest BCUT2D eigenvalue weighted by atomic mass is 32.2. The number of fused-ring (bicyclic) bond motifs is 1. The highest BCUT2D eigenvalue weighted by Crippen LogP contribution is 2.21. The molecule has 32 heavy (non-hydrogen) atoms. The lowest BCUT2D eigenvalue weighted by Crippen LogP contribution is -2.18. The first kappa shape index (κ1) is 23.8. The van der Waals surface area contributed by atoms with E-state index in [4.69, 9.17) is 11.2 Å². The first-order valence-corrected chi connectivity index (χ1v) is 12.8. The average molecular weight is 471 g/mol. The van der Waals surface area contributed by atoms with Crippen molar-refractivity contribution in [1.29, 1.82) is 0 Å². The lowest BCUT2D eigenvalue weighted by atomic mass is 10.1. The summed E-state index contributed by atoms with van der Waals surface area (Å²) in [4.78, 5) is 17.3. The van der Waals surface area contributed by atoms with Gasteiger partial charge in [0.05, 0.1) is 34.5 Å². The summed E-state index contributed by atoms with van der Waals surface area (Å²) in [6, 6.07) is 12.3. The monoisotopic (exact) mass is 470 g/mol. The third-order valence-electron chi connectivity index (χ3n) is 5.04. The van der Waals surface area contributed by atoms with E-state index in [1.54, 1.807) is 12.1 Å². The number of ether oxygens (including phenoxy) is 1. The lowest BCUT2D eigenvalue weighted by Gasteiger charge is -2.04. The number of aryl methyl sites for hydroxylation is 1. The molecule has 1 amide bonds. The van der Waals surface area contributed by atoms with Gasteiger partial charge in [-0.25, -0.2) is 8.42 Å². The Hall–Kier alpha value is -2.89. The van der Waals surface area contributed by atoms with E-state index >= 15 is 0 Å². The molecule has 168 valence electrons. The molecule has 0 unspecified atom stereocenters. The van der Waals surface area contributed by atoms with Crippen molar-refractivity contribution in [2.45, 2.75) is 44.0 Å². The van der Waals surface area contributed by atoms with E-state index in [0.29, 0.717) is 10.6 Å². The zero-order valence-electron chi connectivity index (χ0n) is 18.2. The Labute approximate surface area is 192 Å². The smallest absolute Gasteiger partial charge is 0.249 e. The molecule has 0 N–H and O–H groups in total. The number of carbonyl (C=O) groups is 1. The Morgan fingerprint density at radius 1 is 1.22 bits per heavy atom. The molecule has 1 heterocycles. The van der Waals surface area contributed by atoms with Crippen LogP contribution in [0, 0.1) is 12.3 Å². The number of carbonyl (C=O) groups excluding carboxylic acids is 1. The van der Waals surface area contributed by atoms with Crippen molar-refractivity contribution in [2.75, 3.05) is 12.9 Å². The largest absolute Gasteiger partial charge is 0.497 e. The Kier molecular flexibility index (Phi) is 7.89. The van der Waals surface area contributed by atoms with Crippen LogP contribution in [-0.2, 0) is 27.6 Å². The van der Waals surface area contributed by atoms with E-state index in [1.807, 2.05) is 10.6 Å². The third kappa shape index (κ3) is 5.67. The van der Waals surface area contributed by atoms with Crippen LogP contribution in [0.5, 0.6) is 5.75 Å². The SMILES string of the molecule is C#CCn1c(=NC(=O)CCS(=O)(=O)c2ccc(OC)cc2)sc2cc(CCCC)ccc21. The minimum Gasteiger partial charge on any atom is -0.497 e. The molecule has 3 rings (SSSR count). The van der Waals surface area contributed by atoms with Gasteiger partial charge in [-0.05, 0) is 54.8 Å². The molecule has 2 aromatic carbocycles.